The third-order valence-electron chi connectivity index (χ3n) is 2.80. The Morgan fingerprint density at radius 3 is 2.50 bits per heavy atom. The summed E-state index contributed by atoms with van der Waals surface area (Å²) in [5.74, 6) is 0.798. The molecule has 0 spiro atoms. The second-order valence-corrected chi connectivity index (χ2v) is 4.53. The smallest absolute Gasteiger partial charge is 0.258 e. The van der Waals surface area contributed by atoms with Crippen molar-refractivity contribution in [1.82, 2.24) is 15.1 Å². The Labute approximate surface area is 115 Å². The first-order valence-corrected chi connectivity index (χ1v) is 6.05. The maximum Gasteiger partial charge on any atom is 0.258 e. The van der Waals surface area contributed by atoms with Crippen LogP contribution in [-0.2, 0) is 0 Å². The molecule has 0 amide bonds. The van der Waals surface area contributed by atoms with Gasteiger partial charge in [-0.3, -0.25) is 4.98 Å². The van der Waals surface area contributed by atoms with Crippen molar-refractivity contribution < 1.29 is 4.52 Å². The molecule has 0 atom stereocenters. The number of aromatic nitrogens is 3. The molecule has 20 heavy (non-hydrogen) atoms. The van der Waals surface area contributed by atoms with E-state index in [0.717, 1.165) is 5.56 Å². The molecule has 3 rings (SSSR count). The van der Waals surface area contributed by atoms with Crippen LogP contribution >= 0.6 is 0 Å². The highest BCUT2D eigenvalue weighted by Crippen LogP contribution is 2.25. The van der Waals surface area contributed by atoms with Crippen molar-refractivity contribution in [2.45, 2.75) is 6.92 Å². The molecule has 0 fully saturated rings. The van der Waals surface area contributed by atoms with Crippen LogP contribution in [0.25, 0.3) is 23.0 Å². The third kappa shape index (κ3) is 2.31. The summed E-state index contributed by atoms with van der Waals surface area (Å²) in [6.45, 7) is 1.98. The Morgan fingerprint density at radius 2 is 1.80 bits per heavy atom. The minimum Gasteiger partial charge on any atom is -0.399 e. The highest BCUT2D eigenvalue weighted by molar-refractivity contribution is 5.68. The lowest BCUT2D eigenvalue weighted by Gasteiger charge is -1.99. The van der Waals surface area contributed by atoms with Crippen molar-refractivity contribution in [3.05, 3.63) is 42.1 Å². The zero-order valence-corrected chi connectivity index (χ0v) is 10.9. The molecule has 1 aromatic carbocycles. The highest BCUT2D eigenvalue weighted by Gasteiger charge is 2.12. The Kier molecular flexibility index (Phi) is 2.83. The summed E-state index contributed by atoms with van der Waals surface area (Å²) in [4.78, 5) is 8.54. The molecule has 3 aromatic rings. The fourth-order valence-corrected chi connectivity index (χ4v) is 1.90. The lowest BCUT2D eigenvalue weighted by molar-refractivity contribution is 0.432. The first-order valence-electron chi connectivity index (χ1n) is 6.05. The number of aryl methyl sites for hydroxylation is 1. The van der Waals surface area contributed by atoms with Crippen molar-refractivity contribution in [2.75, 3.05) is 11.5 Å². The lowest BCUT2D eigenvalue weighted by Crippen LogP contribution is -1.91. The first-order chi connectivity index (χ1) is 9.61. The van der Waals surface area contributed by atoms with Crippen LogP contribution in [0.2, 0.25) is 0 Å². The average Bonchev–Trinajstić information content (AvgIpc) is 2.87. The summed E-state index contributed by atoms with van der Waals surface area (Å²) in [5.41, 5.74) is 15.0. The second kappa shape index (κ2) is 4.65. The second-order valence-electron chi connectivity index (χ2n) is 4.53. The van der Waals surface area contributed by atoms with Crippen molar-refractivity contribution in [3.63, 3.8) is 0 Å². The molecular formula is C14H13N5O. The Hall–Kier alpha value is -2.89. The molecule has 100 valence electrons. The van der Waals surface area contributed by atoms with Crippen LogP contribution in [0.4, 0.5) is 11.4 Å². The predicted molar refractivity (Wildman–Crippen MR) is 76.5 cm³/mol. The fourth-order valence-electron chi connectivity index (χ4n) is 1.90. The molecule has 0 bridgehead atoms. The maximum absolute atomic E-state index is 5.75. The summed E-state index contributed by atoms with van der Waals surface area (Å²) in [5, 5.41) is 3.93. The van der Waals surface area contributed by atoms with Crippen molar-refractivity contribution in [3.8, 4) is 23.0 Å². The third-order valence-corrected chi connectivity index (χ3v) is 2.80. The van der Waals surface area contributed by atoms with Gasteiger partial charge in [0.1, 0.15) is 5.69 Å². The van der Waals surface area contributed by atoms with Crippen molar-refractivity contribution in [1.29, 1.82) is 0 Å². The van der Waals surface area contributed by atoms with E-state index in [-0.39, 0.29) is 0 Å². The molecule has 2 heterocycles. The SMILES string of the molecule is Cc1ccnc(-c2noc(-c3cc(N)cc(N)c3)n2)c1. The van der Waals surface area contributed by atoms with E-state index in [4.69, 9.17) is 16.0 Å². The molecule has 0 aliphatic heterocycles. The first kappa shape index (κ1) is 12.2. The van der Waals surface area contributed by atoms with Gasteiger partial charge in [-0.25, -0.2) is 0 Å². The molecular weight excluding hydrogens is 254 g/mol. The molecule has 0 saturated heterocycles. The fraction of sp³-hybridized carbons (Fsp3) is 0.0714. The summed E-state index contributed by atoms with van der Waals surface area (Å²) in [6, 6.07) is 8.93. The molecule has 6 nitrogen and oxygen atoms in total. The highest BCUT2D eigenvalue weighted by atomic mass is 16.5. The van der Waals surface area contributed by atoms with Gasteiger partial charge in [0, 0.05) is 23.1 Å². The number of rotatable bonds is 2. The van der Waals surface area contributed by atoms with Crippen LogP contribution in [0.15, 0.2) is 41.1 Å². The van der Waals surface area contributed by atoms with Crippen LogP contribution in [0, 0.1) is 6.92 Å². The number of nitrogens with two attached hydrogens (primary N) is 2. The zero-order valence-electron chi connectivity index (χ0n) is 10.9. The van der Waals surface area contributed by atoms with Gasteiger partial charge < -0.3 is 16.0 Å². The lowest BCUT2D eigenvalue weighted by atomic mass is 10.2. The van der Waals surface area contributed by atoms with Gasteiger partial charge in [0.25, 0.3) is 5.89 Å². The Morgan fingerprint density at radius 1 is 1.05 bits per heavy atom. The largest absolute Gasteiger partial charge is 0.399 e. The molecule has 0 radical (unpaired) electrons. The van der Waals surface area contributed by atoms with Gasteiger partial charge in [0.2, 0.25) is 5.82 Å². The minimum atomic E-state index is 0.363. The monoisotopic (exact) mass is 267 g/mol. The van der Waals surface area contributed by atoms with E-state index < -0.39 is 0 Å². The molecule has 0 aliphatic carbocycles. The van der Waals surface area contributed by atoms with Crippen LogP contribution < -0.4 is 11.5 Å². The van der Waals surface area contributed by atoms with Gasteiger partial charge in [-0.05, 0) is 42.8 Å². The van der Waals surface area contributed by atoms with Gasteiger partial charge >= 0.3 is 0 Å². The molecule has 0 unspecified atom stereocenters. The number of anilines is 2. The Bertz CT molecular complexity index is 746. The van der Waals surface area contributed by atoms with Crippen LogP contribution in [-0.4, -0.2) is 15.1 Å². The van der Waals surface area contributed by atoms with E-state index >= 15 is 0 Å². The average molecular weight is 267 g/mol. The van der Waals surface area contributed by atoms with Gasteiger partial charge in [-0.1, -0.05) is 5.16 Å². The summed E-state index contributed by atoms with van der Waals surface area (Å²) in [7, 11) is 0. The summed E-state index contributed by atoms with van der Waals surface area (Å²) < 4.78 is 5.24. The van der Waals surface area contributed by atoms with Gasteiger partial charge in [0.15, 0.2) is 0 Å². The van der Waals surface area contributed by atoms with E-state index in [1.807, 2.05) is 19.1 Å². The quantitative estimate of drug-likeness (QED) is 0.690. The standard InChI is InChI=1S/C14H13N5O/c1-8-2-3-17-12(4-8)13-18-14(20-19-13)9-5-10(15)7-11(16)6-9/h2-7H,15-16H2,1H3. The van der Waals surface area contributed by atoms with Gasteiger partial charge in [-0.2, -0.15) is 4.98 Å². The van der Waals surface area contributed by atoms with E-state index in [1.54, 1.807) is 24.4 Å². The number of nitrogens with zero attached hydrogens (tertiary/aromatic N) is 3. The molecule has 0 aliphatic rings. The van der Waals surface area contributed by atoms with Crippen molar-refractivity contribution >= 4 is 11.4 Å². The van der Waals surface area contributed by atoms with E-state index in [2.05, 4.69) is 15.1 Å². The number of hydrogen-bond acceptors (Lipinski definition) is 6. The van der Waals surface area contributed by atoms with Crippen molar-refractivity contribution in [2.24, 2.45) is 0 Å². The van der Waals surface area contributed by atoms with E-state index in [0.29, 0.717) is 34.3 Å². The number of hydrogen-bond donors (Lipinski definition) is 2. The molecule has 6 heteroatoms. The van der Waals surface area contributed by atoms with Gasteiger partial charge in [0.05, 0.1) is 0 Å². The van der Waals surface area contributed by atoms with Crippen LogP contribution in [0.3, 0.4) is 0 Å². The minimum absolute atomic E-state index is 0.363. The maximum atomic E-state index is 5.75. The predicted octanol–water partition coefficient (Wildman–Crippen LogP) is 2.27. The van der Waals surface area contributed by atoms with Crippen LogP contribution in [0.1, 0.15) is 5.56 Å². The molecule has 0 saturated carbocycles. The Balaban J connectivity index is 2.02. The van der Waals surface area contributed by atoms with E-state index in [1.165, 1.54) is 0 Å². The molecule has 2 aromatic heterocycles. The van der Waals surface area contributed by atoms with Crippen LogP contribution in [0.5, 0.6) is 0 Å². The number of benzene rings is 1. The summed E-state index contributed by atoms with van der Waals surface area (Å²) in [6.07, 6.45) is 1.71. The number of nitrogen functional groups attached to an aromatic ring is 2. The number of pyridine rings is 1. The van der Waals surface area contributed by atoms with Gasteiger partial charge in [-0.15, -0.1) is 0 Å². The van der Waals surface area contributed by atoms with E-state index in [9.17, 15) is 0 Å². The molecule has 4 N–H and O–H groups in total. The zero-order chi connectivity index (χ0) is 14.1. The normalized spacial score (nSPS) is 10.7. The topological polar surface area (TPSA) is 104 Å². The summed E-state index contributed by atoms with van der Waals surface area (Å²) >= 11 is 0.